The van der Waals surface area contributed by atoms with Crippen molar-refractivity contribution in [3.05, 3.63) is 144 Å². The molecule has 6 aromatic rings. The molecule has 0 aliphatic carbocycles. The van der Waals surface area contributed by atoms with Gasteiger partial charge in [0.15, 0.2) is 0 Å². The van der Waals surface area contributed by atoms with Gasteiger partial charge in [0.05, 0.1) is 17.9 Å². The van der Waals surface area contributed by atoms with Gasteiger partial charge in [0.25, 0.3) is 0 Å². The quantitative estimate of drug-likeness (QED) is 0.153. The number of unbranched alkanes of at least 4 members (excludes halogenated alkanes) is 3. The van der Waals surface area contributed by atoms with Crippen LogP contribution in [-0.2, 0) is 0 Å². The molecule has 0 bridgehead atoms. The Bertz CT molecular complexity index is 1670. The van der Waals surface area contributed by atoms with E-state index in [0.717, 1.165) is 32.3 Å². The van der Waals surface area contributed by atoms with Gasteiger partial charge in [-0.2, -0.15) is 0 Å². The van der Waals surface area contributed by atoms with Crippen LogP contribution in [0.25, 0.3) is 32.3 Å². The van der Waals surface area contributed by atoms with Gasteiger partial charge in [0, 0.05) is 16.7 Å². The number of aromatic carboxylic acids is 3. The van der Waals surface area contributed by atoms with Gasteiger partial charge < -0.3 is 29.7 Å². The first-order valence-corrected chi connectivity index (χ1v) is 17.0. The van der Waals surface area contributed by atoms with Gasteiger partial charge in [0.1, 0.15) is 0 Å². The van der Waals surface area contributed by atoms with Crippen LogP contribution in [-0.4, -0.2) is 40.4 Å². The van der Waals surface area contributed by atoms with Gasteiger partial charge in [0.2, 0.25) is 0 Å². The van der Waals surface area contributed by atoms with E-state index < -0.39 is 17.9 Å². The van der Waals surface area contributed by atoms with Gasteiger partial charge >= 0.3 is 59.6 Å². The fourth-order valence-corrected chi connectivity index (χ4v) is 5.48. The summed E-state index contributed by atoms with van der Waals surface area (Å²) in [6.07, 6.45) is 5.73. The summed E-state index contributed by atoms with van der Waals surface area (Å²) in [7, 11) is 0. The number of fused-ring (bicyclic) bond motifs is 3. The first kappa shape index (κ1) is 35.8. The Hall–Kier alpha value is -4.69. The van der Waals surface area contributed by atoms with Crippen LogP contribution < -0.4 is 15.3 Å². The van der Waals surface area contributed by atoms with Crippen molar-refractivity contribution in [3.8, 4) is 0 Å². The molecule has 0 aromatic heterocycles. The Morgan fingerprint density at radius 3 is 1.04 bits per heavy atom. The zero-order valence-corrected chi connectivity index (χ0v) is 28.5. The fraction of sp³-hybridized carbons (Fsp3) is 0.154. The molecule has 6 aromatic carbocycles. The van der Waals surface area contributed by atoms with Crippen LogP contribution in [0.3, 0.4) is 0 Å². The van der Waals surface area contributed by atoms with Gasteiger partial charge in [-0.3, -0.25) is 0 Å². The number of rotatable bonds is 7. The second kappa shape index (κ2) is 19.0. The molecule has 230 valence electrons. The number of hydrogen-bond donors (Lipinski definition) is 0. The molecule has 6 rings (SSSR count). The van der Waals surface area contributed by atoms with Crippen LogP contribution in [0.15, 0.2) is 127 Å². The Morgan fingerprint density at radius 1 is 0.457 bits per heavy atom. The number of carbonyl (C=O) groups excluding carboxylic acids is 3. The first-order chi connectivity index (χ1) is 22.3. The maximum atomic E-state index is 10.7. The molecule has 0 saturated heterocycles. The number of benzene rings is 6. The summed E-state index contributed by atoms with van der Waals surface area (Å²) in [4.78, 5) is 32.1. The first-order valence-electron chi connectivity index (χ1n) is 15.0. The van der Waals surface area contributed by atoms with Crippen molar-refractivity contribution >= 4 is 72.8 Å². The Labute approximate surface area is 282 Å². The third kappa shape index (κ3) is 10.4. The van der Waals surface area contributed by atoms with Crippen LogP contribution in [0.4, 0.5) is 0 Å². The molecular formula is C39H34O6Sn. The van der Waals surface area contributed by atoms with Crippen LogP contribution in [0.2, 0.25) is 4.44 Å². The van der Waals surface area contributed by atoms with Crippen LogP contribution in [0.1, 0.15) is 63.7 Å². The zero-order chi connectivity index (χ0) is 33.3. The fourth-order valence-electron chi connectivity index (χ4n) is 4.76. The molecule has 0 saturated carbocycles. The molecule has 7 heteroatoms. The molecule has 0 atom stereocenters. The second-order valence-corrected chi connectivity index (χ2v) is 11.7. The van der Waals surface area contributed by atoms with Crippen molar-refractivity contribution in [2.24, 2.45) is 0 Å². The molecule has 46 heavy (non-hydrogen) atoms. The molecule has 0 heterocycles. The Balaban J connectivity index is 0.000000171. The number of hydrogen-bond acceptors (Lipinski definition) is 6. The summed E-state index contributed by atoms with van der Waals surface area (Å²) in [5.74, 6) is -3.38. The van der Waals surface area contributed by atoms with Gasteiger partial charge in [-0.05, 0) is 32.3 Å². The van der Waals surface area contributed by atoms with Crippen molar-refractivity contribution in [1.29, 1.82) is 0 Å². The normalized spacial score (nSPS) is 10.1. The summed E-state index contributed by atoms with van der Waals surface area (Å²) >= 11 is 1.70. The van der Waals surface area contributed by atoms with Crippen molar-refractivity contribution < 1.29 is 29.7 Å². The average Bonchev–Trinajstić information content (AvgIpc) is 3.08. The smallest absolute Gasteiger partial charge is 0.0721 e. The molecule has 0 spiro atoms. The molecule has 0 N–H and O–H groups in total. The van der Waals surface area contributed by atoms with Gasteiger partial charge in [-0.25, -0.2) is 0 Å². The maximum Gasteiger partial charge on any atom is 0.0721 e. The van der Waals surface area contributed by atoms with Crippen molar-refractivity contribution in [1.82, 2.24) is 0 Å². The molecule has 0 aliphatic heterocycles. The summed E-state index contributed by atoms with van der Waals surface area (Å²) in [5, 5.41) is 37.1. The van der Waals surface area contributed by atoms with Gasteiger partial charge in [-0.15, -0.1) is 0 Å². The van der Waals surface area contributed by atoms with E-state index in [1.54, 1.807) is 77.1 Å². The summed E-state index contributed by atoms with van der Waals surface area (Å²) in [5.41, 5.74) is 0.745. The van der Waals surface area contributed by atoms with Crippen molar-refractivity contribution in [2.75, 3.05) is 0 Å². The second-order valence-electron chi connectivity index (χ2n) is 10.3. The minimum Gasteiger partial charge on any atom is -0.545 e. The standard InChI is InChI=1S/3C11H8O2.C6H13.Sn/c3*12-11(13)10-7-3-5-8-4-1-2-6-9(8)10;1-3-5-6-4-2;/h3*1-7H,(H,12,13);1,3-6H2,2H3;/q;;;;+3/p-3. The van der Waals surface area contributed by atoms with Crippen molar-refractivity contribution in [3.63, 3.8) is 0 Å². The van der Waals surface area contributed by atoms with E-state index >= 15 is 0 Å². The molecule has 0 amide bonds. The Kier molecular flexibility index (Phi) is 14.8. The molecule has 6 nitrogen and oxygen atoms in total. The van der Waals surface area contributed by atoms with Crippen LogP contribution in [0.5, 0.6) is 0 Å². The maximum absolute atomic E-state index is 10.7. The van der Waals surface area contributed by atoms with Crippen LogP contribution >= 0.6 is 0 Å². The minimum atomic E-state index is -1.13. The van der Waals surface area contributed by atoms with E-state index in [4.69, 9.17) is 0 Å². The predicted octanol–water partition coefficient (Wildman–Crippen LogP) is 5.76. The minimum absolute atomic E-state index is 0.248. The zero-order valence-electron chi connectivity index (χ0n) is 25.6. The Morgan fingerprint density at radius 2 is 0.761 bits per heavy atom. The largest absolute Gasteiger partial charge is 0.545 e. The number of carbonyl (C=O) groups is 3. The number of carboxylic acid groups (broad SMARTS) is 3. The predicted molar refractivity (Wildman–Crippen MR) is 180 cm³/mol. The van der Waals surface area contributed by atoms with E-state index in [2.05, 4.69) is 6.92 Å². The van der Waals surface area contributed by atoms with E-state index in [9.17, 15) is 29.7 Å². The van der Waals surface area contributed by atoms with Crippen molar-refractivity contribution in [2.45, 2.75) is 37.0 Å². The average molecular weight is 717 g/mol. The van der Waals surface area contributed by atoms with E-state index in [0.29, 0.717) is 0 Å². The third-order valence-electron chi connectivity index (χ3n) is 7.06. The van der Waals surface area contributed by atoms with Gasteiger partial charge in [-0.1, -0.05) is 127 Å². The van der Waals surface area contributed by atoms with Crippen LogP contribution in [0, 0.1) is 0 Å². The van der Waals surface area contributed by atoms with E-state index in [-0.39, 0.29) is 16.7 Å². The summed E-state index contributed by atoms with van der Waals surface area (Å²) in [6, 6.07) is 37.5. The monoisotopic (exact) mass is 718 g/mol. The third-order valence-corrected chi connectivity index (χ3v) is 8.07. The number of carboxylic acids is 3. The van der Waals surface area contributed by atoms with E-state index in [1.165, 1.54) is 30.1 Å². The summed E-state index contributed by atoms with van der Waals surface area (Å²) in [6.45, 7) is 2.25. The molecule has 0 unspecified atom stereocenters. The molecule has 0 radical (unpaired) electrons. The topological polar surface area (TPSA) is 120 Å². The SMILES string of the molecule is CCCCC[CH2][Sn+3].O=C([O-])c1cccc2ccccc12.O=C([O-])c1cccc2ccccc12.O=C([O-])c1cccc2ccccc12. The molecule has 0 aliphatic rings. The summed E-state index contributed by atoms with van der Waals surface area (Å²) < 4.78 is 1.45. The molecule has 0 fully saturated rings. The molecular weight excluding hydrogens is 683 g/mol. The van der Waals surface area contributed by atoms with E-state index in [1.807, 2.05) is 72.8 Å².